The average molecular weight is 314 g/mol. The van der Waals surface area contributed by atoms with E-state index >= 15 is 0 Å². The van der Waals surface area contributed by atoms with Gasteiger partial charge in [-0.15, -0.1) is 0 Å². The van der Waals surface area contributed by atoms with Crippen molar-refractivity contribution in [2.45, 2.75) is 18.1 Å². The Labute approximate surface area is 133 Å². The van der Waals surface area contributed by atoms with Crippen LogP contribution in [0.25, 0.3) is 11.1 Å². The molecule has 22 heavy (non-hydrogen) atoms. The zero-order chi connectivity index (χ0) is 15.9. The molecule has 0 saturated carbocycles. The number of hydrogen-bond acceptors (Lipinski definition) is 3. The molecule has 0 heterocycles. The van der Waals surface area contributed by atoms with Gasteiger partial charge in [-0.25, -0.2) is 0 Å². The van der Waals surface area contributed by atoms with Crippen LogP contribution in [0.5, 0.6) is 0 Å². The molecule has 0 aliphatic carbocycles. The van der Waals surface area contributed by atoms with Gasteiger partial charge in [-0.1, -0.05) is 66.4 Å². The number of benzene rings is 2. The van der Waals surface area contributed by atoms with Crippen molar-refractivity contribution in [1.29, 1.82) is 5.41 Å². The first kappa shape index (κ1) is 16.1. The van der Waals surface area contributed by atoms with Crippen LogP contribution < -0.4 is 5.73 Å². The predicted octanol–water partition coefficient (Wildman–Crippen LogP) is 3.37. The summed E-state index contributed by atoms with van der Waals surface area (Å²) in [7, 11) is 0. The van der Waals surface area contributed by atoms with Crippen molar-refractivity contribution >= 4 is 22.9 Å². The number of rotatable bonds is 6. The summed E-state index contributed by atoms with van der Waals surface area (Å²) in [4.78, 5) is 11.1. The van der Waals surface area contributed by atoms with Gasteiger partial charge in [0.15, 0.2) is 5.17 Å². The molecule has 0 amide bonds. The fourth-order valence-corrected chi connectivity index (χ4v) is 2.82. The van der Waals surface area contributed by atoms with Gasteiger partial charge in [0.25, 0.3) is 0 Å². The maximum absolute atomic E-state index is 11.1. The first-order chi connectivity index (χ1) is 10.6. The summed E-state index contributed by atoms with van der Waals surface area (Å²) in [6.07, 6.45) is 1.09. The van der Waals surface area contributed by atoms with Crippen molar-refractivity contribution in [3.05, 3.63) is 60.2 Å². The second-order valence-corrected chi connectivity index (χ2v) is 6.16. The summed E-state index contributed by atoms with van der Waals surface area (Å²) in [5.41, 5.74) is 8.64. The molecule has 5 heteroatoms. The van der Waals surface area contributed by atoms with Gasteiger partial charge < -0.3 is 10.8 Å². The van der Waals surface area contributed by atoms with Crippen LogP contribution in [0.2, 0.25) is 0 Å². The van der Waals surface area contributed by atoms with Crippen molar-refractivity contribution in [2.75, 3.05) is 0 Å². The van der Waals surface area contributed by atoms with Crippen molar-refractivity contribution in [3.8, 4) is 11.1 Å². The van der Waals surface area contributed by atoms with E-state index in [9.17, 15) is 4.79 Å². The summed E-state index contributed by atoms with van der Waals surface area (Å²) < 4.78 is 0. The summed E-state index contributed by atoms with van der Waals surface area (Å²) in [5, 5.41) is 15.5. The number of hydrogen-bond donors (Lipinski definition) is 3. The summed E-state index contributed by atoms with van der Waals surface area (Å²) in [6, 6.07) is 18.2. The number of aliphatic carboxylic acids is 1. The highest BCUT2D eigenvalue weighted by molar-refractivity contribution is 8.14. The summed E-state index contributed by atoms with van der Waals surface area (Å²) in [5.74, 6) is -0.930. The lowest BCUT2D eigenvalue weighted by Gasteiger charge is -2.11. The van der Waals surface area contributed by atoms with E-state index in [1.54, 1.807) is 0 Å². The van der Waals surface area contributed by atoms with Gasteiger partial charge in [0, 0.05) is 0 Å². The number of thioether (sulfide) groups is 1. The Morgan fingerprint density at radius 1 is 1.09 bits per heavy atom. The lowest BCUT2D eigenvalue weighted by Crippen LogP contribution is -2.21. The van der Waals surface area contributed by atoms with Crippen molar-refractivity contribution in [3.63, 3.8) is 0 Å². The third-order valence-corrected chi connectivity index (χ3v) is 4.28. The molecular formula is C17H18N2O2S. The highest BCUT2D eigenvalue weighted by atomic mass is 32.2. The van der Waals surface area contributed by atoms with E-state index < -0.39 is 11.2 Å². The van der Waals surface area contributed by atoms with Gasteiger partial charge in [-0.05, 0) is 29.5 Å². The zero-order valence-electron chi connectivity index (χ0n) is 12.0. The molecule has 4 nitrogen and oxygen atoms in total. The molecule has 0 spiro atoms. The fraction of sp³-hybridized carbons (Fsp3) is 0.176. The van der Waals surface area contributed by atoms with Crippen molar-refractivity contribution < 1.29 is 9.90 Å². The second kappa shape index (κ2) is 7.66. The van der Waals surface area contributed by atoms with Crippen LogP contribution in [0.4, 0.5) is 0 Å². The molecule has 1 unspecified atom stereocenters. The first-order valence-corrected chi connectivity index (χ1v) is 7.82. The van der Waals surface area contributed by atoms with Crippen LogP contribution in [-0.2, 0) is 11.2 Å². The highest BCUT2D eigenvalue weighted by Crippen LogP contribution is 2.21. The Hall–Kier alpha value is -2.27. The fourth-order valence-electron chi connectivity index (χ4n) is 2.18. The topological polar surface area (TPSA) is 87.2 Å². The number of carbonyl (C=O) groups is 1. The largest absolute Gasteiger partial charge is 0.480 e. The molecular weight excluding hydrogens is 296 g/mol. The Bertz CT molecular complexity index is 641. The molecule has 0 aliphatic heterocycles. The minimum Gasteiger partial charge on any atom is -0.480 e. The van der Waals surface area contributed by atoms with Crippen LogP contribution >= 0.6 is 11.8 Å². The normalized spacial score (nSPS) is 11.8. The number of nitrogens with two attached hydrogens (primary N) is 1. The second-order valence-electron chi connectivity index (χ2n) is 4.91. The number of nitrogens with one attached hydrogen (secondary N) is 1. The van der Waals surface area contributed by atoms with Gasteiger partial charge in [-0.3, -0.25) is 10.2 Å². The molecule has 2 aromatic rings. The van der Waals surface area contributed by atoms with Gasteiger partial charge in [0.05, 0.1) is 0 Å². The van der Waals surface area contributed by atoms with Crippen LogP contribution in [-0.4, -0.2) is 21.5 Å². The molecule has 0 saturated heterocycles. The molecule has 0 radical (unpaired) electrons. The Morgan fingerprint density at radius 3 is 2.23 bits per heavy atom. The minimum absolute atomic E-state index is 0.160. The number of carboxylic acid groups (broad SMARTS) is 1. The minimum atomic E-state index is -0.930. The van der Waals surface area contributed by atoms with E-state index in [1.165, 1.54) is 0 Å². The monoisotopic (exact) mass is 314 g/mol. The van der Waals surface area contributed by atoms with Crippen molar-refractivity contribution in [2.24, 2.45) is 5.73 Å². The number of aryl methyl sites for hydroxylation is 1. The molecule has 2 rings (SSSR count). The third kappa shape index (κ3) is 4.63. The lowest BCUT2D eigenvalue weighted by atomic mass is 10.0. The predicted molar refractivity (Wildman–Crippen MR) is 91.1 cm³/mol. The van der Waals surface area contributed by atoms with Crippen LogP contribution in [0, 0.1) is 5.41 Å². The maximum Gasteiger partial charge on any atom is 0.317 e. The van der Waals surface area contributed by atoms with Crippen LogP contribution in [0.15, 0.2) is 54.6 Å². The SMILES string of the molecule is N=C(N)SC(CCc1ccc(-c2ccccc2)cc1)C(=O)O. The standard InChI is InChI=1S/C17H18N2O2S/c18-17(19)22-15(16(20)21)11-8-12-6-9-14(10-7-12)13-4-2-1-3-5-13/h1-7,9-10,15H,8,11H2,(H3,18,19)(H,20,21). The lowest BCUT2D eigenvalue weighted by molar-refractivity contribution is -0.136. The van der Waals surface area contributed by atoms with E-state index in [-0.39, 0.29) is 5.17 Å². The Balaban J connectivity index is 1.99. The van der Waals surface area contributed by atoms with E-state index in [0.29, 0.717) is 12.8 Å². The molecule has 1 atom stereocenters. The molecule has 2 aromatic carbocycles. The van der Waals surface area contributed by atoms with E-state index in [0.717, 1.165) is 28.5 Å². The van der Waals surface area contributed by atoms with Crippen LogP contribution in [0.1, 0.15) is 12.0 Å². The van der Waals surface area contributed by atoms with Crippen LogP contribution in [0.3, 0.4) is 0 Å². The Kier molecular flexibility index (Phi) is 5.61. The molecule has 0 fully saturated rings. The van der Waals surface area contributed by atoms with E-state index in [2.05, 4.69) is 12.1 Å². The van der Waals surface area contributed by atoms with Gasteiger partial charge in [0.2, 0.25) is 0 Å². The first-order valence-electron chi connectivity index (χ1n) is 6.94. The van der Waals surface area contributed by atoms with Gasteiger partial charge in [-0.2, -0.15) is 0 Å². The highest BCUT2D eigenvalue weighted by Gasteiger charge is 2.19. The molecule has 0 aliphatic rings. The van der Waals surface area contributed by atoms with E-state index in [4.69, 9.17) is 16.2 Å². The summed E-state index contributed by atoms with van der Waals surface area (Å²) in [6.45, 7) is 0. The van der Waals surface area contributed by atoms with Gasteiger partial charge >= 0.3 is 5.97 Å². The third-order valence-electron chi connectivity index (χ3n) is 3.30. The molecule has 0 bridgehead atoms. The van der Waals surface area contributed by atoms with Crippen molar-refractivity contribution in [1.82, 2.24) is 0 Å². The molecule has 4 N–H and O–H groups in total. The summed E-state index contributed by atoms with van der Waals surface area (Å²) >= 11 is 0.888. The molecule has 114 valence electrons. The van der Waals surface area contributed by atoms with E-state index in [1.807, 2.05) is 42.5 Å². The Morgan fingerprint density at radius 2 is 1.68 bits per heavy atom. The van der Waals surface area contributed by atoms with Gasteiger partial charge in [0.1, 0.15) is 5.25 Å². The smallest absolute Gasteiger partial charge is 0.317 e. The average Bonchev–Trinajstić information content (AvgIpc) is 2.52. The molecule has 0 aromatic heterocycles. The number of amidine groups is 1. The zero-order valence-corrected chi connectivity index (χ0v) is 12.8. The quantitative estimate of drug-likeness (QED) is 0.563. The maximum atomic E-state index is 11.1. The number of carboxylic acids is 1.